The van der Waals surface area contributed by atoms with Crippen LogP contribution in [-0.2, 0) is 0 Å². The smallest absolute Gasteiger partial charge is 0.0853 e. The van der Waals surface area contributed by atoms with Crippen molar-refractivity contribution in [1.82, 2.24) is 0 Å². The summed E-state index contributed by atoms with van der Waals surface area (Å²) >= 11 is 0. The van der Waals surface area contributed by atoms with Crippen molar-refractivity contribution in [2.75, 3.05) is 12.4 Å². The molecule has 0 radical (unpaired) electrons. The summed E-state index contributed by atoms with van der Waals surface area (Å²) < 4.78 is 0. The number of nitrogens with zero attached hydrogens (tertiary/aromatic N) is 1. The van der Waals surface area contributed by atoms with Crippen molar-refractivity contribution < 1.29 is 0 Å². The summed E-state index contributed by atoms with van der Waals surface area (Å²) in [6.07, 6.45) is 0. The minimum atomic E-state index is 0.894. The van der Waals surface area contributed by atoms with Gasteiger partial charge in [0, 0.05) is 7.05 Å². The topological polar surface area (TPSA) is 24.4 Å². The highest BCUT2D eigenvalue weighted by molar-refractivity contribution is 5.66. The summed E-state index contributed by atoms with van der Waals surface area (Å²) in [6, 6.07) is 7.77. The van der Waals surface area contributed by atoms with Crippen LogP contribution in [0.25, 0.3) is 0 Å². The van der Waals surface area contributed by atoms with Crippen molar-refractivity contribution in [3.63, 3.8) is 0 Å². The Kier molecular flexibility index (Phi) is 2.05. The van der Waals surface area contributed by atoms with Crippen LogP contribution in [0.5, 0.6) is 0 Å². The highest BCUT2D eigenvalue weighted by atomic mass is 14.9. The zero-order valence-electron chi connectivity index (χ0n) is 5.96. The fourth-order valence-electron chi connectivity index (χ4n) is 0.823. The van der Waals surface area contributed by atoms with E-state index in [1.807, 2.05) is 31.3 Å². The van der Waals surface area contributed by atoms with Crippen LogP contribution in [0.15, 0.2) is 29.3 Å². The Morgan fingerprint density at radius 1 is 1.40 bits per heavy atom. The van der Waals surface area contributed by atoms with Gasteiger partial charge in [-0.05, 0) is 18.9 Å². The monoisotopic (exact) mass is 134 g/mol. The lowest BCUT2D eigenvalue weighted by molar-refractivity contribution is 1.46. The van der Waals surface area contributed by atoms with Gasteiger partial charge in [0.1, 0.15) is 0 Å². The summed E-state index contributed by atoms with van der Waals surface area (Å²) in [5.74, 6) is 0. The number of benzene rings is 1. The lowest BCUT2D eigenvalue weighted by Crippen LogP contribution is -1.86. The van der Waals surface area contributed by atoms with E-state index in [-0.39, 0.29) is 0 Å². The van der Waals surface area contributed by atoms with Crippen LogP contribution in [0.1, 0.15) is 0 Å². The summed E-state index contributed by atoms with van der Waals surface area (Å²) in [5, 5.41) is 3.01. The van der Waals surface area contributed by atoms with Crippen molar-refractivity contribution in [3.05, 3.63) is 24.3 Å². The number of nitrogens with one attached hydrogen (secondary N) is 1. The molecule has 0 heterocycles. The number of hydrogen-bond acceptors (Lipinski definition) is 2. The summed E-state index contributed by atoms with van der Waals surface area (Å²) in [7, 11) is 1.87. The molecule has 0 amide bonds. The molecule has 1 aromatic carbocycles. The van der Waals surface area contributed by atoms with Gasteiger partial charge in [-0.1, -0.05) is 12.1 Å². The summed E-state index contributed by atoms with van der Waals surface area (Å²) in [6.45, 7) is 3.45. The van der Waals surface area contributed by atoms with Crippen molar-refractivity contribution in [1.29, 1.82) is 0 Å². The molecule has 0 unspecified atom stereocenters. The van der Waals surface area contributed by atoms with Gasteiger partial charge in [0.25, 0.3) is 0 Å². The minimum Gasteiger partial charge on any atom is -0.386 e. The lowest BCUT2D eigenvalue weighted by atomic mass is 10.3. The molecule has 0 aliphatic carbocycles. The fraction of sp³-hybridized carbons (Fsp3) is 0.125. The number of para-hydroxylation sites is 2. The molecule has 1 N–H and O–H groups in total. The van der Waals surface area contributed by atoms with Crippen LogP contribution in [-0.4, -0.2) is 13.8 Å². The zero-order chi connectivity index (χ0) is 7.40. The maximum atomic E-state index is 3.83. The zero-order valence-corrected chi connectivity index (χ0v) is 5.96. The Labute approximate surface area is 60.6 Å². The quantitative estimate of drug-likeness (QED) is 0.615. The van der Waals surface area contributed by atoms with Crippen LogP contribution in [0.2, 0.25) is 0 Å². The molecule has 1 aromatic rings. The molecular weight excluding hydrogens is 124 g/mol. The van der Waals surface area contributed by atoms with E-state index in [2.05, 4.69) is 17.0 Å². The third-order valence-corrected chi connectivity index (χ3v) is 1.34. The predicted molar refractivity (Wildman–Crippen MR) is 45.2 cm³/mol. The summed E-state index contributed by atoms with van der Waals surface area (Å²) in [5.41, 5.74) is 1.91. The second-order valence-corrected chi connectivity index (χ2v) is 1.93. The summed E-state index contributed by atoms with van der Waals surface area (Å²) in [4.78, 5) is 3.83. The number of rotatable bonds is 2. The second-order valence-electron chi connectivity index (χ2n) is 1.93. The van der Waals surface area contributed by atoms with E-state index < -0.39 is 0 Å². The third-order valence-electron chi connectivity index (χ3n) is 1.34. The van der Waals surface area contributed by atoms with E-state index in [0.717, 1.165) is 11.4 Å². The molecule has 0 saturated heterocycles. The first-order chi connectivity index (χ1) is 4.88. The van der Waals surface area contributed by atoms with E-state index in [9.17, 15) is 0 Å². The van der Waals surface area contributed by atoms with E-state index in [4.69, 9.17) is 0 Å². The molecule has 52 valence electrons. The van der Waals surface area contributed by atoms with E-state index in [1.54, 1.807) is 0 Å². The van der Waals surface area contributed by atoms with Crippen LogP contribution >= 0.6 is 0 Å². The van der Waals surface area contributed by atoms with Crippen LogP contribution in [0.4, 0.5) is 11.4 Å². The van der Waals surface area contributed by atoms with Gasteiger partial charge >= 0.3 is 0 Å². The average Bonchev–Trinajstić information content (AvgIpc) is 2.04. The lowest BCUT2D eigenvalue weighted by Gasteiger charge is -2.01. The molecule has 10 heavy (non-hydrogen) atoms. The molecular formula is C8H10N2. The van der Waals surface area contributed by atoms with Crippen LogP contribution < -0.4 is 5.32 Å². The number of anilines is 1. The maximum Gasteiger partial charge on any atom is 0.0853 e. The van der Waals surface area contributed by atoms with E-state index in [1.165, 1.54) is 0 Å². The first kappa shape index (κ1) is 6.81. The Balaban J connectivity index is 3.08. The molecule has 0 fully saturated rings. The Morgan fingerprint density at radius 2 is 2.10 bits per heavy atom. The highest BCUT2D eigenvalue weighted by Gasteiger charge is 1.92. The van der Waals surface area contributed by atoms with Crippen molar-refractivity contribution in [3.8, 4) is 0 Å². The van der Waals surface area contributed by atoms with Crippen LogP contribution in [0.3, 0.4) is 0 Å². The standard InChI is InChI=1S/C8H10N2/c1-9-7-5-3-4-6-8(7)10-2/h3-6,10H,1H2,2H3. The Morgan fingerprint density at radius 3 is 2.60 bits per heavy atom. The van der Waals surface area contributed by atoms with Gasteiger partial charge in [-0.2, -0.15) is 0 Å². The first-order valence-electron chi connectivity index (χ1n) is 3.12. The molecule has 0 aromatic heterocycles. The van der Waals surface area contributed by atoms with E-state index >= 15 is 0 Å². The van der Waals surface area contributed by atoms with Gasteiger partial charge in [-0.3, -0.25) is 4.99 Å². The molecule has 2 nitrogen and oxygen atoms in total. The average molecular weight is 134 g/mol. The SMILES string of the molecule is C=Nc1ccccc1NC. The Bertz CT molecular complexity index is 230. The molecule has 0 saturated carbocycles. The second kappa shape index (κ2) is 3.01. The molecule has 0 bridgehead atoms. The van der Waals surface area contributed by atoms with E-state index in [0.29, 0.717) is 0 Å². The third kappa shape index (κ3) is 1.16. The van der Waals surface area contributed by atoms with Gasteiger partial charge in [-0.25, -0.2) is 0 Å². The van der Waals surface area contributed by atoms with Crippen LogP contribution in [0, 0.1) is 0 Å². The largest absolute Gasteiger partial charge is 0.386 e. The molecule has 0 atom stereocenters. The molecule has 1 rings (SSSR count). The van der Waals surface area contributed by atoms with Gasteiger partial charge in [-0.15, -0.1) is 0 Å². The maximum absolute atomic E-state index is 3.83. The van der Waals surface area contributed by atoms with Crippen molar-refractivity contribution in [2.45, 2.75) is 0 Å². The van der Waals surface area contributed by atoms with Gasteiger partial charge < -0.3 is 5.32 Å². The van der Waals surface area contributed by atoms with Gasteiger partial charge in [0.15, 0.2) is 0 Å². The molecule has 0 aliphatic heterocycles. The number of aliphatic imine (C=N–C) groups is 1. The Hall–Kier alpha value is -1.31. The van der Waals surface area contributed by atoms with Gasteiger partial charge in [0.05, 0.1) is 11.4 Å². The normalized spacial score (nSPS) is 8.90. The number of hydrogen-bond donors (Lipinski definition) is 1. The fourth-order valence-corrected chi connectivity index (χ4v) is 0.823. The molecule has 0 spiro atoms. The van der Waals surface area contributed by atoms with Gasteiger partial charge in [0.2, 0.25) is 0 Å². The van der Waals surface area contributed by atoms with Crippen molar-refractivity contribution >= 4 is 18.1 Å². The first-order valence-corrected chi connectivity index (χ1v) is 3.12. The predicted octanol–water partition coefficient (Wildman–Crippen LogP) is 2.06. The minimum absolute atomic E-state index is 0.894. The molecule has 0 aliphatic rings. The highest BCUT2D eigenvalue weighted by Crippen LogP contribution is 2.22. The molecule has 2 heteroatoms. The van der Waals surface area contributed by atoms with Crippen molar-refractivity contribution in [2.24, 2.45) is 4.99 Å².